The molecule has 1 unspecified atom stereocenters. The molecule has 0 radical (unpaired) electrons. The van der Waals surface area contributed by atoms with Crippen molar-refractivity contribution in [1.29, 1.82) is 0 Å². The molecule has 43 heavy (non-hydrogen) atoms. The molecule has 2 aliphatic rings. The molecule has 0 aromatic heterocycles. The molecule has 1 heterocycles. The zero-order chi connectivity index (χ0) is 30.8. The average Bonchev–Trinajstić information content (AvgIpc) is 3.23. The summed E-state index contributed by atoms with van der Waals surface area (Å²) in [4.78, 5) is 54.8. The number of benzene rings is 2. The van der Waals surface area contributed by atoms with E-state index < -0.39 is 23.7 Å². The van der Waals surface area contributed by atoms with Crippen LogP contribution in [0.3, 0.4) is 0 Å². The van der Waals surface area contributed by atoms with Crippen molar-refractivity contribution in [1.82, 2.24) is 20.4 Å². The van der Waals surface area contributed by atoms with E-state index in [1.165, 1.54) is 4.90 Å². The molecular weight excluding hydrogens is 572 g/mol. The predicted molar refractivity (Wildman–Crippen MR) is 162 cm³/mol. The Balaban J connectivity index is 1.38. The van der Waals surface area contributed by atoms with Gasteiger partial charge >= 0.3 is 6.03 Å². The van der Waals surface area contributed by atoms with Crippen molar-refractivity contribution in [3.05, 3.63) is 64.7 Å². The molecule has 4 rings (SSSR count). The molecule has 232 valence electrons. The first-order chi connectivity index (χ1) is 20.7. The van der Waals surface area contributed by atoms with Crippen LogP contribution in [0.4, 0.5) is 4.79 Å². The molecule has 4 amide bonds. The third-order valence-corrected chi connectivity index (χ3v) is 8.36. The Kier molecular flexibility index (Phi) is 11.4. The summed E-state index contributed by atoms with van der Waals surface area (Å²) < 4.78 is 5.72. The Morgan fingerprint density at radius 2 is 1.93 bits per heavy atom. The molecular formula is C32H41ClN4O6. The third-order valence-electron chi connectivity index (χ3n) is 8.12. The molecule has 1 aliphatic heterocycles. The second-order valence-electron chi connectivity index (χ2n) is 11.5. The van der Waals surface area contributed by atoms with Gasteiger partial charge in [-0.2, -0.15) is 0 Å². The normalized spacial score (nSPS) is 17.3. The van der Waals surface area contributed by atoms with E-state index in [1.54, 1.807) is 30.1 Å². The number of halogens is 1. The number of aldehydes is 1. The largest absolute Gasteiger partial charge is 0.491 e. The van der Waals surface area contributed by atoms with E-state index in [1.807, 2.05) is 30.3 Å². The van der Waals surface area contributed by atoms with Crippen molar-refractivity contribution in [2.75, 3.05) is 20.2 Å². The third kappa shape index (κ3) is 9.43. The Hall–Kier alpha value is -3.63. The standard InChI is InChI=1S/C32H41ClN4O6/c1-36(20-24-10-7-12-26(33)18-24)31(41)34-27(19-23-8-3-2-4-9-23)30(40)35-32(42,22-38)15-14-29(39)37-16-17-43-28-13-6-5-11-25(28)21-37/h5-7,10-13,18,22-23,27,42H,2-4,8-9,14-17,19-21H2,1H3,(H,34,41)(H,35,40)/t27-,32?/m0/s1. The second kappa shape index (κ2) is 15.2. The van der Waals surface area contributed by atoms with Crippen LogP contribution in [0.1, 0.15) is 62.5 Å². The summed E-state index contributed by atoms with van der Waals surface area (Å²) >= 11 is 6.08. The van der Waals surface area contributed by atoms with Crippen molar-refractivity contribution >= 4 is 35.7 Å². The topological polar surface area (TPSA) is 128 Å². The molecule has 1 saturated carbocycles. The van der Waals surface area contributed by atoms with Crippen LogP contribution >= 0.6 is 11.6 Å². The van der Waals surface area contributed by atoms with E-state index in [9.17, 15) is 24.3 Å². The molecule has 2 aromatic carbocycles. The summed E-state index contributed by atoms with van der Waals surface area (Å²) in [5, 5.41) is 16.8. The van der Waals surface area contributed by atoms with E-state index in [0.717, 1.165) is 49.0 Å². The lowest BCUT2D eigenvalue weighted by atomic mass is 9.84. The maximum Gasteiger partial charge on any atom is 0.318 e. The number of urea groups is 1. The lowest BCUT2D eigenvalue weighted by Gasteiger charge is -2.31. The number of carbonyl (C=O) groups is 4. The summed E-state index contributed by atoms with van der Waals surface area (Å²) in [5.74, 6) is -0.000416. The van der Waals surface area contributed by atoms with Crippen LogP contribution < -0.4 is 15.4 Å². The molecule has 0 bridgehead atoms. The van der Waals surface area contributed by atoms with Crippen LogP contribution in [0.5, 0.6) is 5.75 Å². The Bertz CT molecular complexity index is 1290. The number of hydrogen-bond donors (Lipinski definition) is 3. The number of ether oxygens (including phenoxy) is 1. The van der Waals surface area contributed by atoms with Crippen molar-refractivity contribution < 1.29 is 29.0 Å². The van der Waals surface area contributed by atoms with Gasteiger partial charge in [-0.05, 0) is 36.1 Å². The van der Waals surface area contributed by atoms with Gasteiger partial charge in [0.25, 0.3) is 0 Å². The van der Waals surface area contributed by atoms with Crippen molar-refractivity contribution in [3.8, 4) is 5.75 Å². The van der Waals surface area contributed by atoms with Crippen LogP contribution in [0.15, 0.2) is 48.5 Å². The van der Waals surface area contributed by atoms with Gasteiger partial charge in [-0.3, -0.25) is 14.4 Å². The van der Waals surface area contributed by atoms with Crippen LogP contribution in [0.2, 0.25) is 5.02 Å². The Labute approximate surface area is 257 Å². The maximum absolute atomic E-state index is 13.5. The Morgan fingerprint density at radius 1 is 1.16 bits per heavy atom. The van der Waals surface area contributed by atoms with Gasteiger partial charge in [0.1, 0.15) is 18.4 Å². The fourth-order valence-corrected chi connectivity index (χ4v) is 5.89. The lowest BCUT2D eigenvalue weighted by molar-refractivity contribution is -0.143. The van der Waals surface area contributed by atoms with E-state index in [-0.39, 0.29) is 37.5 Å². The van der Waals surface area contributed by atoms with Gasteiger partial charge in [-0.15, -0.1) is 0 Å². The van der Waals surface area contributed by atoms with E-state index in [4.69, 9.17) is 16.3 Å². The molecule has 2 aromatic rings. The van der Waals surface area contributed by atoms with Gasteiger partial charge in [-0.25, -0.2) is 4.79 Å². The van der Waals surface area contributed by atoms with Gasteiger partial charge in [-0.1, -0.05) is 74.0 Å². The molecule has 3 N–H and O–H groups in total. The number of nitrogens with zero attached hydrogens (tertiary/aromatic N) is 2. The smallest absolute Gasteiger partial charge is 0.318 e. The highest BCUT2D eigenvalue weighted by Crippen LogP contribution is 2.28. The number of para-hydroxylation sites is 1. The molecule has 10 nitrogen and oxygen atoms in total. The summed E-state index contributed by atoms with van der Waals surface area (Å²) in [7, 11) is 1.62. The minimum atomic E-state index is -2.27. The quantitative estimate of drug-likeness (QED) is 0.260. The van der Waals surface area contributed by atoms with Crippen molar-refractivity contribution in [3.63, 3.8) is 0 Å². The molecule has 1 aliphatic carbocycles. The minimum Gasteiger partial charge on any atom is -0.491 e. The first-order valence-corrected chi connectivity index (χ1v) is 15.3. The van der Waals surface area contributed by atoms with Gasteiger partial charge in [0.15, 0.2) is 12.0 Å². The number of rotatable bonds is 11. The number of hydrogen-bond acceptors (Lipinski definition) is 6. The highest BCUT2D eigenvalue weighted by atomic mass is 35.5. The molecule has 1 fully saturated rings. The summed E-state index contributed by atoms with van der Waals surface area (Å²) in [6, 6.07) is 13.2. The number of carbonyl (C=O) groups excluding carboxylic acids is 4. The van der Waals surface area contributed by atoms with Crippen LogP contribution in [-0.4, -0.2) is 71.0 Å². The highest BCUT2D eigenvalue weighted by Gasteiger charge is 2.35. The highest BCUT2D eigenvalue weighted by molar-refractivity contribution is 6.30. The molecule has 0 saturated heterocycles. The minimum absolute atomic E-state index is 0.167. The number of amides is 4. The number of fused-ring (bicyclic) bond motifs is 1. The van der Waals surface area contributed by atoms with Crippen molar-refractivity contribution in [2.45, 2.75) is 76.2 Å². The molecule has 0 spiro atoms. The fraction of sp³-hybridized carbons (Fsp3) is 0.500. The van der Waals surface area contributed by atoms with Gasteiger partial charge in [0, 0.05) is 43.6 Å². The average molecular weight is 613 g/mol. The fourth-order valence-electron chi connectivity index (χ4n) is 5.67. The van der Waals surface area contributed by atoms with Crippen LogP contribution in [0, 0.1) is 5.92 Å². The summed E-state index contributed by atoms with van der Waals surface area (Å²) in [5.41, 5.74) is -0.568. The zero-order valence-corrected chi connectivity index (χ0v) is 25.4. The Morgan fingerprint density at radius 3 is 2.67 bits per heavy atom. The number of aliphatic hydroxyl groups is 1. The lowest BCUT2D eigenvalue weighted by Crippen LogP contribution is -2.58. The molecule has 11 heteroatoms. The van der Waals surface area contributed by atoms with Gasteiger partial charge in [0.05, 0.1) is 6.54 Å². The SMILES string of the molecule is CN(Cc1cccc(Cl)c1)C(=O)N[C@@H](CC1CCCCC1)C(=O)NC(O)(C=O)CCC(=O)N1CCOc2ccccc2C1. The van der Waals surface area contributed by atoms with Crippen LogP contribution in [-0.2, 0) is 27.5 Å². The number of nitrogens with one attached hydrogen (secondary N) is 2. The monoisotopic (exact) mass is 612 g/mol. The maximum atomic E-state index is 13.5. The first kappa shape index (κ1) is 32.3. The van der Waals surface area contributed by atoms with Gasteiger partial charge in [0.2, 0.25) is 11.8 Å². The van der Waals surface area contributed by atoms with Gasteiger partial charge < -0.3 is 30.3 Å². The summed E-state index contributed by atoms with van der Waals surface area (Å²) in [6.07, 6.45) is 5.25. The molecule has 2 atom stereocenters. The van der Waals surface area contributed by atoms with E-state index >= 15 is 0 Å². The zero-order valence-electron chi connectivity index (χ0n) is 24.6. The first-order valence-electron chi connectivity index (χ1n) is 14.9. The van der Waals surface area contributed by atoms with Crippen molar-refractivity contribution in [2.24, 2.45) is 5.92 Å². The van der Waals surface area contributed by atoms with E-state index in [2.05, 4.69) is 10.6 Å². The van der Waals surface area contributed by atoms with Crippen LogP contribution in [0.25, 0.3) is 0 Å². The predicted octanol–water partition coefficient (Wildman–Crippen LogP) is 4.03. The van der Waals surface area contributed by atoms with E-state index in [0.29, 0.717) is 31.1 Å². The second-order valence-corrected chi connectivity index (χ2v) is 12.0. The summed E-state index contributed by atoms with van der Waals surface area (Å²) in [6.45, 7) is 1.30.